The van der Waals surface area contributed by atoms with Gasteiger partial charge < -0.3 is 10.4 Å². The van der Waals surface area contributed by atoms with E-state index in [9.17, 15) is 5.11 Å². The molecular weight excluding hydrogens is 322 g/mol. The van der Waals surface area contributed by atoms with Crippen molar-refractivity contribution in [1.82, 2.24) is 0 Å². The van der Waals surface area contributed by atoms with Crippen molar-refractivity contribution < 1.29 is 5.11 Å². The van der Waals surface area contributed by atoms with Gasteiger partial charge in [-0.25, -0.2) is 0 Å². The Kier molecular flexibility index (Phi) is 4.29. The third-order valence-electron chi connectivity index (χ3n) is 2.95. The Morgan fingerprint density at radius 2 is 2.41 bits per heavy atom. The predicted octanol–water partition coefficient (Wildman–Crippen LogP) is 3.77. The Balaban J connectivity index is 2.16. The molecule has 0 radical (unpaired) electrons. The molecule has 2 atom stereocenters. The first kappa shape index (κ1) is 13.5. The van der Waals surface area contributed by atoms with E-state index >= 15 is 0 Å². The summed E-state index contributed by atoms with van der Waals surface area (Å²) in [6, 6.07) is 5.75. The van der Waals surface area contributed by atoms with Gasteiger partial charge in [0.15, 0.2) is 0 Å². The maximum Gasteiger partial charge on any atom is 0.0704 e. The Morgan fingerprint density at radius 3 is 2.94 bits per heavy atom. The van der Waals surface area contributed by atoms with Crippen LogP contribution < -0.4 is 5.32 Å². The largest absolute Gasteiger partial charge is 0.394 e. The molecule has 5 heteroatoms. The lowest BCUT2D eigenvalue weighted by molar-refractivity contribution is 0.223. The van der Waals surface area contributed by atoms with Crippen LogP contribution >= 0.6 is 39.3 Å². The van der Waals surface area contributed by atoms with Crippen molar-refractivity contribution in [2.75, 3.05) is 17.7 Å². The molecular formula is C12H15BrClNOS. The average molecular weight is 337 g/mol. The van der Waals surface area contributed by atoms with Crippen LogP contribution in [0.2, 0.25) is 5.02 Å². The Morgan fingerprint density at radius 1 is 1.65 bits per heavy atom. The van der Waals surface area contributed by atoms with Crippen molar-refractivity contribution >= 4 is 45.0 Å². The van der Waals surface area contributed by atoms with Crippen LogP contribution in [-0.2, 0) is 0 Å². The van der Waals surface area contributed by atoms with E-state index in [1.807, 2.05) is 30.0 Å². The lowest BCUT2D eigenvalue weighted by atomic mass is 9.97. The maximum absolute atomic E-state index is 9.61. The minimum absolute atomic E-state index is 0.157. The second kappa shape index (κ2) is 5.39. The number of aliphatic hydroxyl groups excluding tert-OH is 1. The number of thioether (sulfide) groups is 1. The zero-order valence-corrected chi connectivity index (χ0v) is 12.7. The number of nitrogens with one attached hydrogen (secondary N) is 1. The SMILES string of the molecule is CC1CC(CO)(Nc2ccc(Cl)c(Br)c2)CS1. The zero-order chi connectivity index (χ0) is 12.5. The highest BCUT2D eigenvalue weighted by molar-refractivity contribution is 9.10. The van der Waals surface area contributed by atoms with Crippen LogP contribution in [0.25, 0.3) is 0 Å². The molecule has 0 aromatic heterocycles. The van der Waals surface area contributed by atoms with Gasteiger partial charge in [-0.2, -0.15) is 11.8 Å². The quantitative estimate of drug-likeness (QED) is 0.881. The molecule has 2 nitrogen and oxygen atoms in total. The van der Waals surface area contributed by atoms with E-state index in [0.717, 1.165) is 22.3 Å². The highest BCUT2D eigenvalue weighted by Gasteiger charge is 2.37. The van der Waals surface area contributed by atoms with Gasteiger partial charge in [-0.15, -0.1) is 0 Å². The van der Waals surface area contributed by atoms with Crippen LogP contribution in [-0.4, -0.2) is 28.3 Å². The fourth-order valence-corrected chi connectivity index (χ4v) is 3.90. The molecule has 1 aromatic rings. The van der Waals surface area contributed by atoms with E-state index in [-0.39, 0.29) is 12.1 Å². The zero-order valence-electron chi connectivity index (χ0n) is 9.54. The second-order valence-corrected chi connectivity index (χ2v) is 7.21. The summed E-state index contributed by atoms with van der Waals surface area (Å²) in [5.41, 5.74) is 0.794. The topological polar surface area (TPSA) is 32.3 Å². The van der Waals surface area contributed by atoms with Crippen molar-refractivity contribution in [1.29, 1.82) is 0 Å². The molecule has 2 N–H and O–H groups in total. The molecule has 0 saturated carbocycles. The molecule has 1 aliphatic rings. The summed E-state index contributed by atoms with van der Waals surface area (Å²) in [6.07, 6.45) is 0.981. The summed E-state index contributed by atoms with van der Waals surface area (Å²) in [5, 5.41) is 14.3. The number of halogens is 2. The highest BCUT2D eigenvalue weighted by atomic mass is 79.9. The molecule has 94 valence electrons. The van der Waals surface area contributed by atoms with Gasteiger partial charge in [-0.1, -0.05) is 18.5 Å². The first-order valence-corrected chi connectivity index (χ1v) is 7.72. The molecule has 0 spiro atoms. The summed E-state index contributed by atoms with van der Waals surface area (Å²) in [4.78, 5) is 0. The molecule has 1 aliphatic heterocycles. The molecule has 2 rings (SSSR count). The summed E-state index contributed by atoms with van der Waals surface area (Å²) in [6.45, 7) is 2.35. The van der Waals surface area contributed by atoms with Gasteiger partial charge in [0.1, 0.15) is 0 Å². The standard InChI is InChI=1S/C12H15BrClNOS/c1-8-5-12(6-16,7-17-8)15-9-2-3-11(14)10(13)4-9/h2-4,8,15-16H,5-7H2,1H3. The summed E-state index contributed by atoms with van der Waals surface area (Å²) in [5.74, 6) is 0.935. The van der Waals surface area contributed by atoms with Crippen LogP contribution in [0.1, 0.15) is 13.3 Å². The molecule has 0 bridgehead atoms. The van der Waals surface area contributed by atoms with Gasteiger partial charge in [0, 0.05) is 21.2 Å². The normalized spacial score (nSPS) is 28.4. The fourth-order valence-electron chi connectivity index (χ4n) is 2.09. The first-order valence-electron chi connectivity index (χ1n) is 5.50. The van der Waals surface area contributed by atoms with Crippen LogP contribution in [0, 0.1) is 0 Å². The lowest BCUT2D eigenvalue weighted by Crippen LogP contribution is -2.42. The molecule has 17 heavy (non-hydrogen) atoms. The summed E-state index contributed by atoms with van der Waals surface area (Å²) in [7, 11) is 0. The monoisotopic (exact) mass is 335 g/mol. The van der Waals surface area contributed by atoms with Crippen LogP contribution in [0.4, 0.5) is 5.69 Å². The van der Waals surface area contributed by atoms with Gasteiger partial charge in [0.05, 0.1) is 17.2 Å². The number of hydrogen-bond donors (Lipinski definition) is 2. The Labute approximate surface area is 119 Å². The van der Waals surface area contributed by atoms with Crippen molar-refractivity contribution in [3.63, 3.8) is 0 Å². The summed E-state index contributed by atoms with van der Waals surface area (Å²) < 4.78 is 0.871. The number of aliphatic hydroxyl groups is 1. The van der Waals surface area contributed by atoms with E-state index in [1.54, 1.807) is 0 Å². The third kappa shape index (κ3) is 3.11. The van der Waals surface area contributed by atoms with Crippen LogP contribution in [0.5, 0.6) is 0 Å². The van der Waals surface area contributed by atoms with Gasteiger partial charge >= 0.3 is 0 Å². The second-order valence-electron chi connectivity index (χ2n) is 4.52. The van der Waals surface area contributed by atoms with Crippen molar-refractivity contribution in [2.24, 2.45) is 0 Å². The number of hydrogen-bond acceptors (Lipinski definition) is 3. The lowest BCUT2D eigenvalue weighted by Gasteiger charge is -2.29. The van der Waals surface area contributed by atoms with E-state index < -0.39 is 0 Å². The Bertz CT molecular complexity index is 417. The smallest absolute Gasteiger partial charge is 0.0704 e. The fraction of sp³-hybridized carbons (Fsp3) is 0.500. The minimum atomic E-state index is -0.197. The molecule has 1 heterocycles. The number of benzene rings is 1. The molecule has 1 saturated heterocycles. The molecule has 1 aromatic carbocycles. The molecule has 1 fully saturated rings. The third-order valence-corrected chi connectivity index (χ3v) is 5.62. The maximum atomic E-state index is 9.61. The van der Waals surface area contributed by atoms with E-state index in [4.69, 9.17) is 11.6 Å². The highest BCUT2D eigenvalue weighted by Crippen LogP contribution is 2.37. The van der Waals surface area contributed by atoms with Gasteiger partial charge in [0.25, 0.3) is 0 Å². The van der Waals surface area contributed by atoms with Crippen LogP contribution in [0.3, 0.4) is 0 Å². The van der Waals surface area contributed by atoms with Crippen LogP contribution in [0.15, 0.2) is 22.7 Å². The molecule has 0 amide bonds. The number of rotatable bonds is 3. The first-order chi connectivity index (χ1) is 8.04. The number of anilines is 1. The predicted molar refractivity (Wildman–Crippen MR) is 79.1 cm³/mol. The summed E-state index contributed by atoms with van der Waals surface area (Å²) >= 11 is 11.3. The molecule has 0 aliphatic carbocycles. The van der Waals surface area contributed by atoms with E-state index in [1.165, 1.54) is 0 Å². The van der Waals surface area contributed by atoms with Gasteiger partial charge in [-0.05, 0) is 40.5 Å². The Hall–Kier alpha value is 0.1000. The average Bonchev–Trinajstić information content (AvgIpc) is 2.66. The minimum Gasteiger partial charge on any atom is -0.394 e. The van der Waals surface area contributed by atoms with E-state index in [0.29, 0.717) is 10.3 Å². The van der Waals surface area contributed by atoms with Crippen molar-refractivity contribution in [3.8, 4) is 0 Å². The van der Waals surface area contributed by atoms with E-state index in [2.05, 4.69) is 28.2 Å². The van der Waals surface area contributed by atoms with Gasteiger partial charge in [0.2, 0.25) is 0 Å². The van der Waals surface area contributed by atoms with Crippen molar-refractivity contribution in [3.05, 3.63) is 27.7 Å². The molecule has 2 unspecified atom stereocenters. The van der Waals surface area contributed by atoms with Gasteiger partial charge in [-0.3, -0.25) is 0 Å². The van der Waals surface area contributed by atoms with Crippen molar-refractivity contribution in [2.45, 2.75) is 24.1 Å².